The minimum Gasteiger partial charge on any atom is -0.507 e. The third-order valence-corrected chi connectivity index (χ3v) is 8.86. The van der Waals surface area contributed by atoms with Crippen LogP contribution in [0.5, 0.6) is 11.5 Å². The van der Waals surface area contributed by atoms with Gasteiger partial charge < -0.3 is 19.7 Å². The number of aromatic hydroxyl groups is 2. The molecule has 0 spiro atoms. The topological polar surface area (TPSA) is 93.1 Å². The zero-order valence-corrected chi connectivity index (χ0v) is 30.6. The number of carbonyl (C=O) groups is 2. The van der Waals surface area contributed by atoms with Gasteiger partial charge in [-0.3, -0.25) is 0 Å². The fraction of sp³-hybridized carbons (Fsp3) is 0.524. The zero-order valence-electron chi connectivity index (χ0n) is 30.6. The summed E-state index contributed by atoms with van der Waals surface area (Å²) in [5.41, 5.74) is 6.77. The van der Waals surface area contributed by atoms with Gasteiger partial charge in [-0.05, 0) is 115 Å². The van der Waals surface area contributed by atoms with E-state index in [2.05, 4.69) is 65.8 Å². The first-order valence-electron chi connectivity index (χ1n) is 17.7. The molecule has 6 nitrogen and oxygen atoms in total. The van der Waals surface area contributed by atoms with Gasteiger partial charge in [-0.2, -0.15) is 0 Å². The number of benzene rings is 3. The number of ether oxygens (including phenoxy) is 2. The Hall–Kier alpha value is -3.80. The summed E-state index contributed by atoms with van der Waals surface area (Å²) in [4.78, 5) is 25.2. The van der Waals surface area contributed by atoms with Crippen molar-refractivity contribution in [3.05, 3.63) is 93.0 Å². The number of phenols is 2. The van der Waals surface area contributed by atoms with Gasteiger partial charge >= 0.3 is 11.9 Å². The van der Waals surface area contributed by atoms with Crippen LogP contribution in [0.3, 0.4) is 0 Å². The fourth-order valence-electron chi connectivity index (χ4n) is 5.98. The van der Waals surface area contributed by atoms with Crippen molar-refractivity contribution in [1.82, 2.24) is 0 Å². The van der Waals surface area contributed by atoms with Crippen LogP contribution in [0.4, 0.5) is 0 Å². The summed E-state index contributed by atoms with van der Waals surface area (Å²) in [5.74, 6) is -0.0779. The lowest BCUT2D eigenvalue weighted by Crippen LogP contribution is -2.12. The number of phenolic OH excluding ortho intramolecular Hbond substituents is 2. The molecule has 0 radical (unpaired) electrons. The molecule has 0 saturated carbocycles. The van der Waals surface area contributed by atoms with Crippen molar-refractivity contribution in [3.63, 3.8) is 0 Å². The van der Waals surface area contributed by atoms with Gasteiger partial charge in [0.15, 0.2) is 0 Å². The Balaban J connectivity index is 1.31. The summed E-state index contributed by atoms with van der Waals surface area (Å²) in [7, 11) is 0. The number of hydrogen-bond acceptors (Lipinski definition) is 6. The van der Waals surface area contributed by atoms with Gasteiger partial charge in [-0.15, -0.1) is 0 Å². The largest absolute Gasteiger partial charge is 0.507 e. The first-order valence-corrected chi connectivity index (χ1v) is 17.7. The summed E-state index contributed by atoms with van der Waals surface area (Å²) >= 11 is 0. The van der Waals surface area contributed by atoms with Gasteiger partial charge in [-0.1, -0.05) is 97.6 Å². The SMILES string of the molecule is Cc1cc(CCCCCCOC(=O)c2cccc(C(=O)OCCCCCCc3cc(C)c(O)c(C(C)(C)C)c3)c2)cc(C(C)(C)C)c1O. The van der Waals surface area contributed by atoms with Gasteiger partial charge in [0.25, 0.3) is 0 Å². The summed E-state index contributed by atoms with van der Waals surface area (Å²) in [5, 5.41) is 20.9. The minimum absolute atomic E-state index is 0.108. The molecule has 48 heavy (non-hydrogen) atoms. The van der Waals surface area contributed by atoms with Crippen LogP contribution in [0.1, 0.15) is 147 Å². The molecule has 0 bridgehead atoms. The molecule has 3 rings (SSSR count). The molecular weight excluding hydrogens is 600 g/mol. The van der Waals surface area contributed by atoms with E-state index in [0.29, 0.717) is 35.8 Å². The van der Waals surface area contributed by atoms with Crippen LogP contribution in [0.25, 0.3) is 0 Å². The molecule has 0 amide bonds. The molecule has 0 fully saturated rings. The number of aryl methyl sites for hydroxylation is 4. The van der Waals surface area contributed by atoms with Crippen LogP contribution >= 0.6 is 0 Å². The lowest BCUT2D eigenvalue weighted by Gasteiger charge is -2.22. The molecule has 6 heteroatoms. The average Bonchev–Trinajstić information content (AvgIpc) is 3.01. The number of unbranched alkanes of at least 4 members (excludes halogenated alkanes) is 6. The van der Waals surface area contributed by atoms with Crippen LogP contribution in [0, 0.1) is 13.8 Å². The van der Waals surface area contributed by atoms with Gasteiger partial charge in [0.05, 0.1) is 24.3 Å². The first-order chi connectivity index (χ1) is 22.6. The van der Waals surface area contributed by atoms with Crippen molar-refractivity contribution in [2.24, 2.45) is 0 Å². The number of esters is 2. The Morgan fingerprint density at radius 3 is 1.31 bits per heavy atom. The molecule has 262 valence electrons. The highest BCUT2D eigenvalue weighted by molar-refractivity contribution is 5.95. The summed E-state index contributed by atoms with van der Waals surface area (Å²) in [6.07, 6.45) is 9.49. The lowest BCUT2D eigenvalue weighted by molar-refractivity contribution is 0.0496. The maximum Gasteiger partial charge on any atom is 0.338 e. The van der Waals surface area contributed by atoms with E-state index in [1.165, 1.54) is 11.1 Å². The van der Waals surface area contributed by atoms with Crippen molar-refractivity contribution in [1.29, 1.82) is 0 Å². The Bertz CT molecular complexity index is 1410. The highest BCUT2D eigenvalue weighted by Crippen LogP contribution is 2.35. The Morgan fingerprint density at radius 2 is 0.938 bits per heavy atom. The van der Waals surface area contributed by atoms with Gasteiger partial charge in [0.1, 0.15) is 11.5 Å². The summed E-state index contributed by atoms with van der Waals surface area (Å²) in [6.45, 7) is 17.3. The Kier molecular flexibility index (Phi) is 14.1. The van der Waals surface area contributed by atoms with Gasteiger partial charge in [0.2, 0.25) is 0 Å². The van der Waals surface area contributed by atoms with Crippen molar-refractivity contribution in [2.45, 2.75) is 130 Å². The molecule has 0 aliphatic rings. The summed E-state index contributed by atoms with van der Waals surface area (Å²) in [6, 6.07) is 14.9. The molecule has 0 aliphatic heterocycles. The van der Waals surface area contributed by atoms with Crippen molar-refractivity contribution >= 4 is 11.9 Å². The standard InChI is InChI=1S/C42H58O6/c1-29-24-31(26-35(37(29)43)41(3,4)5)18-13-9-11-15-22-47-39(45)33-20-17-21-34(28-33)40(46)48-23-16-12-10-14-19-32-25-30(2)38(44)36(27-32)42(6,7)8/h17,20-21,24-28,43-44H,9-16,18-19,22-23H2,1-8H3. The average molecular weight is 659 g/mol. The Morgan fingerprint density at radius 1 is 0.562 bits per heavy atom. The smallest absolute Gasteiger partial charge is 0.338 e. The van der Waals surface area contributed by atoms with Crippen LogP contribution in [0.2, 0.25) is 0 Å². The van der Waals surface area contributed by atoms with Crippen molar-refractivity contribution in [2.75, 3.05) is 13.2 Å². The van der Waals surface area contributed by atoms with Crippen molar-refractivity contribution in [3.8, 4) is 11.5 Å². The third-order valence-electron chi connectivity index (χ3n) is 8.86. The molecule has 0 heterocycles. The zero-order chi connectivity index (χ0) is 35.5. The first kappa shape index (κ1) is 38.6. The third kappa shape index (κ3) is 11.7. The van der Waals surface area contributed by atoms with E-state index in [-0.39, 0.29) is 10.8 Å². The van der Waals surface area contributed by atoms with E-state index in [1.54, 1.807) is 24.3 Å². The van der Waals surface area contributed by atoms with E-state index >= 15 is 0 Å². The van der Waals surface area contributed by atoms with Crippen LogP contribution in [0.15, 0.2) is 48.5 Å². The second-order valence-corrected chi connectivity index (χ2v) is 15.3. The highest BCUT2D eigenvalue weighted by atomic mass is 16.5. The minimum atomic E-state index is -0.433. The number of carbonyl (C=O) groups excluding carboxylic acids is 2. The van der Waals surface area contributed by atoms with Gasteiger partial charge in [-0.25, -0.2) is 9.59 Å². The number of rotatable bonds is 16. The van der Waals surface area contributed by atoms with Crippen LogP contribution in [-0.2, 0) is 33.1 Å². The van der Waals surface area contributed by atoms with Gasteiger partial charge in [0, 0.05) is 0 Å². The molecular formula is C42H58O6. The van der Waals surface area contributed by atoms with E-state index in [1.807, 2.05) is 13.8 Å². The van der Waals surface area contributed by atoms with E-state index in [9.17, 15) is 19.8 Å². The predicted molar refractivity (Wildman–Crippen MR) is 194 cm³/mol. The highest BCUT2D eigenvalue weighted by Gasteiger charge is 2.21. The molecule has 0 unspecified atom stereocenters. The molecule has 2 N–H and O–H groups in total. The molecule has 0 saturated heterocycles. The van der Waals surface area contributed by atoms with Crippen LogP contribution in [-0.4, -0.2) is 35.4 Å². The Labute approximate surface area is 288 Å². The van der Waals surface area contributed by atoms with E-state index in [0.717, 1.165) is 86.5 Å². The monoisotopic (exact) mass is 658 g/mol. The molecule has 0 aromatic heterocycles. The molecule has 0 aliphatic carbocycles. The van der Waals surface area contributed by atoms with Crippen molar-refractivity contribution < 1.29 is 29.3 Å². The maximum atomic E-state index is 12.6. The second kappa shape index (κ2) is 17.6. The second-order valence-electron chi connectivity index (χ2n) is 15.3. The quantitative estimate of drug-likeness (QED) is 0.118. The molecule has 3 aromatic rings. The molecule has 0 atom stereocenters. The molecule has 3 aromatic carbocycles. The summed E-state index contributed by atoms with van der Waals surface area (Å²) < 4.78 is 11.0. The lowest BCUT2D eigenvalue weighted by atomic mass is 9.83. The predicted octanol–water partition coefficient (Wildman–Crippen LogP) is 10.2. The normalized spacial score (nSPS) is 11.8. The number of hydrogen-bond donors (Lipinski definition) is 2. The van der Waals surface area contributed by atoms with Crippen LogP contribution < -0.4 is 0 Å². The fourth-order valence-corrected chi connectivity index (χ4v) is 5.98. The maximum absolute atomic E-state index is 12.6. The van der Waals surface area contributed by atoms with E-state index < -0.39 is 11.9 Å². The van der Waals surface area contributed by atoms with E-state index in [4.69, 9.17) is 9.47 Å².